The van der Waals surface area contributed by atoms with Gasteiger partial charge in [-0.2, -0.15) is 0 Å². The summed E-state index contributed by atoms with van der Waals surface area (Å²) < 4.78 is 0. The van der Waals surface area contributed by atoms with Gasteiger partial charge in [0.25, 0.3) is 0 Å². The Bertz CT molecular complexity index is 271. The fraction of sp³-hybridized carbons (Fsp3) is 1.00. The summed E-state index contributed by atoms with van der Waals surface area (Å²) in [4.78, 5) is 2.45. The Kier molecular flexibility index (Phi) is 4.94. The standard InChI is InChI=1S/C17H34N2/c1-17(2,18)15-10-8-13(9-11-15)14-6-5-7-16(12-14)19(3)4/h13-16H,5-12,18H2,1-4H3. The van der Waals surface area contributed by atoms with Crippen molar-refractivity contribution < 1.29 is 0 Å². The molecule has 2 nitrogen and oxygen atoms in total. The minimum atomic E-state index is 0.0315. The first-order chi connectivity index (χ1) is 8.88. The van der Waals surface area contributed by atoms with E-state index in [9.17, 15) is 0 Å². The van der Waals surface area contributed by atoms with E-state index in [1.54, 1.807) is 0 Å². The molecule has 0 aromatic carbocycles. The highest BCUT2D eigenvalue weighted by molar-refractivity contribution is 4.90. The number of hydrogen-bond acceptors (Lipinski definition) is 2. The number of rotatable bonds is 3. The first-order valence-corrected chi connectivity index (χ1v) is 8.33. The summed E-state index contributed by atoms with van der Waals surface area (Å²) in [5.74, 6) is 2.72. The molecule has 0 aromatic heterocycles. The minimum absolute atomic E-state index is 0.0315. The van der Waals surface area contributed by atoms with Crippen LogP contribution >= 0.6 is 0 Å². The van der Waals surface area contributed by atoms with Crippen LogP contribution in [0, 0.1) is 17.8 Å². The number of hydrogen-bond donors (Lipinski definition) is 1. The lowest BCUT2D eigenvalue weighted by Gasteiger charge is -2.42. The highest BCUT2D eigenvalue weighted by atomic mass is 15.1. The van der Waals surface area contributed by atoms with E-state index in [0.29, 0.717) is 0 Å². The summed E-state index contributed by atoms with van der Waals surface area (Å²) in [6, 6.07) is 0.836. The lowest BCUT2D eigenvalue weighted by molar-refractivity contribution is 0.102. The van der Waals surface area contributed by atoms with Gasteiger partial charge in [-0.25, -0.2) is 0 Å². The smallest absolute Gasteiger partial charge is 0.0125 e. The van der Waals surface area contributed by atoms with Crippen LogP contribution in [0.25, 0.3) is 0 Å². The third kappa shape index (κ3) is 3.95. The Morgan fingerprint density at radius 3 is 2.05 bits per heavy atom. The molecule has 2 atom stereocenters. The maximum atomic E-state index is 6.29. The van der Waals surface area contributed by atoms with Crippen molar-refractivity contribution in [1.82, 2.24) is 4.90 Å². The molecule has 0 saturated heterocycles. The maximum Gasteiger partial charge on any atom is 0.0125 e. The average Bonchev–Trinajstić information content (AvgIpc) is 2.38. The zero-order chi connectivity index (χ0) is 14.0. The highest BCUT2D eigenvalue weighted by Crippen LogP contribution is 2.42. The number of nitrogens with zero attached hydrogens (tertiary/aromatic N) is 1. The van der Waals surface area contributed by atoms with Gasteiger partial charge >= 0.3 is 0 Å². The van der Waals surface area contributed by atoms with Gasteiger partial charge in [0, 0.05) is 11.6 Å². The van der Waals surface area contributed by atoms with Crippen LogP contribution in [0.3, 0.4) is 0 Å². The molecule has 2 fully saturated rings. The first kappa shape index (κ1) is 15.3. The zero-order valence-corrected chi connectivity index (χ0v) is 13.5. The SMILES string of the molecule is CN(C)C1CCCC(C2CCC(C(C)(C)N)CC2)C1. The van der Waals surface area contributed by atoms with Crippen molar-refractivity contribution in [2.45, 2.75) is 76.8 Å². The normalized spacial score (nSPS) is 37.6. The van der Waals surface area contributed by atoms with E-state index in [1.165, 1.54) is 51.4 Å². The van der Waals surface area contributed by atoms with Crippen molar-refractivity contribution in [3.63, 3.8) is 0 Å². The summed E-state index contributed by atoms with van der Waals surface area (Å²) in [6.07, 6.45) is 11.3. The van der Waals surface area contributed by atoms with Crippen LogP contribution in [0.15, 0.2) is 0 Å². The molecule has 2 heteroatoms. The van der Waals surface area contributed by atoms with Crippen LogP contribution in [0.1, 0.15) is 65.2 Å². The van der Waals surface area contributed by atoms with E-state index < -0.39 is 0 Å². The molecule has 0 radical (unpaired) electrons. The van der Waals surface area contributed by atoms with Crippen LogP contribution in [-0.4, -0.2) is 30.6 Å². The molecular weight excluding hydrogens is 232 g/mol. The largest absolute Gasteiger partial charge is 0.325 e. The van der Waals surface area contributed by atoms with Crippen LogP contribution in [-0.2, 0) is 0 Å². The van der Waals surface area contributed by atoms with Crippen molar-refractivity contribution in [3.05, 3.63) is 0 Å². The Morgan fingerprint density at radius 1 is 0.895 bits per heavy atom. The molecule has 2 saturated carbocycles. The van der Waals surface area contributed by atoms with Crippen molar-refractivity contribution in [3.8, 4) is 0 Å². The first-order valence-electron chi connectivity index (χ1n) is 8.33. The predicted molar refractivity (Wildman–Crippen MR) is 83.1 cm³/mol. The van der Waals surface area contributed by atoms with E-state index >= 15 is 0 Å². The molecule has 2 aliphatic carbocycles. The van der Waals surface area contributed by atoms with Crippen LogP contribution in [0.2, 0.25) is 0 Å². The maximum absolute atomic E-state index is 6.29. The molecule has 112 valence electrons. The summed E-state index contributed by atoms with van der Waals surface area (Å²) in [5.41, 5.74) is 6.32. The van der Waals surface area contributed by atoms with Gasteiger partial charge in [-0.15, -0.1) is 0 Å². The fourth-order valence-electron chi connectivity index (χ4n) is 4.43. The minimum Gasteiger partial charge on any atom is -0.325 e. The van der Waals surface area contributed by atoms with Gasteiger partial charge in [-0.3, -0.25) is 0 Å². The van der Waals surface area contributed by atoms with E-state index in [1.807, 2.05) is 0 Å². The third-order valence-corrected chi connectivity index (χ3v) is 5.91. The molecule has 2 aliphatic rings. The molecule has 19 heavy (non-hydrogen) atoms. The fourth-order valence-corrected chi connectivity index (χ4v) is 4.43. The van der Waals surface area contributed by atoms with E-state index in [-0.39, 0.29) is 5.54 Å². The lowest BCUT2D eigenvalue weighted by Crippen LogP contribution is -2.43. The van der Waals surface area contributed by atoms with Gasteiger partial charge in [-0.05, 0) is 84.2 Å². The molecule has 0 heterocycles. The molecule has 0 spiro atoms. The monoisotopic (exact) mass is 266 g/mol. The molecule has 2 unspecified atom stereocenters. The van der Waals surface area contributed by atoms with Crippen molar-refractivity contribution >= 4 is 0 Å². The van der Waals surface area contributed by atoms with Gasteiger partial charge < -0.3 is 10.6 Å². The summed E-state index contributed by atoms with van der Waals surface area (Å²) >= 11 is 0. The zero-order valence-electron chi connectivity index (χ0n) is 13.5. The second-order valence-electron chi connectivity index (χ2n) is 7.98. The van der Waals surface area contributed by atoms with Gasteiger partial charge in [-0.1, -0.05) is 12.8 Å². The second-order valence-corrected chi connectivity index (χ2v) is 7.98. The van der Waals surface area contributed by atoms with E-state index in [2.05, 4.69) is 32.8 Å². The quantitative estimate of drug-likeness (QED) is 0.845. The highest BCUT2D eigenvalue weighted by Gasteiger charge is 2.35. The Morgan fingerprint density at radius 2 is 1.53 bits per heavy atom. The van der Waals surface area contributed by atoms with Crippen molar-refractivity contribution in [2.75, 3.05) is 14.1 Å². The van der Waals surface area contributed by atoms with Crippen LogP contribution < -0.4 is 5.73 Å². The molecule has 2 rings (SSSR count). The Hall–Kier alpha value is -0.0800. The van der Waals surface area contributed by atoms with E-state index in [0.717, 1.165) is 23.8 Å². The summed E-state index contributed by atoms with van der Waals surface area (Å²) in [6.45, 7) is 4.42. The van der Waals surface area contributed by atoms with Crippen molar-refractivity contribution in [2.24, 2.45) is 23.5 Å². The topological polar surface area (TPSA) is 29.3 Å². The van der Waals surface area contributed by atoms with Gasteiger partial charge in [0.15, 0.2) is 0 Å². The van der Waals surface area contributed by atoms with Gasteiger partial charge in [0.1, 0.15) is 0 Å². The lowest BCUT2D eigenvalue weighted by atomic mass is 9.67. The molecule has 0 aliphatic heterocycles. The molecular formula is C17H34N2. The van der Waals surface area contributed by atoms with E-state index in [4.69, 9.17) is 5.73 Å². The molecule has 2 N–H and O–H groups in total. The Labute approximate surface area is 120 Å². The second kappa shape index (κ2) is 6.13. The Balaban J connectivity index is 1.84. The molecule has 0 bridgehead atoms. The summed E-state index contributed by atoms with van der Waals surface area (Å²) in [5, 5.41) is 0. The summed E-state index contributed by atoms with van der Waals surface area (Å²) in [7, 11) is 4.50. The third-order valence-electron chi connectivity index (χ3n) is 5.91. The average molecular weight is 266 g/mol. The van der Waals surface area contributed by atoms with Gasteiger partial charge in [0.05, 0.1) is 0 Å². The van der Waals surface area contributed by atoms with Crippen molar-refractivity contribution in [1.29, 1.82) is 0 Å². The predicted octanol–water partition coefficient (Wildman–Crippen LogP) is 3.65. The van der Waals surface area contributed by atoms with Crippen LogP contribution in [0.5, 0.6) is 0 Å². The molecule has 0 amide bonds. The van der Waals surface area contributed by atoms with Gasteiger partial charge in [0.2, 0.25) is 0 Å². The number of nitrogens with two attached hydrogens (primary N) is 1. The van der Waals surface area contributed by atoms with Crippen LogP contribution in [0.4, 0.5) is 0 Å². The molecule has 0 aromatic rings.